The number of fused-ring (bicyclic) bond motifs is 1. The van der Waals surface area contributed by atoms with E-state index in [1.54, 1.807) is 0 Å². The molecule has 0 unspecified atom stereocenters. The lowest BCUT2D eigenvalue weighted by Gasteiger charge is -1.98. The van der Waals surface area contributed by atoms with Gasteiger partial charge >= 0.3 is 0 Å². The highest BCUT2D eigenvalue weighted by Crippen LogP contribution is 2.14. The Morgan fingerprint density at radius 1 is 1.25 bits per heavy atom. The fourth-order valence-corrected chi connectivity index (χ4v) is 1.72. The van der Waals surface area contributed by atoms with Gasteiger partial charge in [-0.1, -0.05) is 33.3 Å². The lowest BCUT2D eigenvalue weighted by Crippen LogP contribution is -1.83. The lowest BCUT2D eigenvalue weighted by molar-refractivity contribution is 0.796. The van der Waals surface area contributed by atoms with Crippen molar-refractivity contribution in [2.24, 2.45) is 0 Å². The zero-order valence-corrected chi connectivity index (χ0v) is 10.8. The summed E-state index contributed by atoms with van der Waals surface area (Å²) in [5.74, 6) is 0.993. The average molecular weight is 218 g/mol. The number of nitrogens with zero attached hydrogens (tertiary/aromatic N) is 1. The van der Waals surface area contributed by atoms with Crippen LogP contribution in [-0.4, -0.2) is 9.97 Å². The molecule has 1 heterocycles. The van der Waals surface area contributed by atoms with Crippen LogP contribution in [0.25, 0.3) is 11.0 Å². The summed E-state index contributed by atoms with van der Waals surface area (Å²) in [7, 11) is 0. The van der Waals surface area contributed by atoms with E-state index in [0.29, 0.717) is 0 Å². The molecule has 2 heteroatoms. The van der Waals surface area contributed by atoms with Crippen LogP contribution in [-0.2, 0) is 6.42 Å². The summed E-state index contributed by atoms with van der Waals surface area (Å²) >= 11 is 0. The van der Waals surface area contributed by atoms with E-state index in [1.165, 1.54) is 24.8 Å². The summed E-state index contributed by atoms with van der Waals surface area (Å²) in [6.45, 7) is 8.21. The average Bonchev–Trinajstić information content (AvgIpc) is 2.68. The molecule has 0 atom stereocenters. The third-order valence-corrected chi connectivity index (χ3v) is 2.48. The van der Waals surface area contributed by atoms with Crippen LogP contribution in [0.1, 0.15) is 45.0 Å². The minimum atomic E-state index is 0.993. The number of hydrogen-bond donors (Lipinski definition) is 1. The zero-order chi connectivity index (χ0) is 12.0. The number of unbranched alkanes of at least 4 members (excludes halogenated alkanes) is 1. The largest absolute Gasteiger partial charge is 0.342 e. The van der Waals surface area contributed by atoms with Crippen molar-refractivity contribution < 1.29 is 0 Å². The molecule has 0 saturated carbocycles. The monoisotopic (exact) mass is 218 g/mol. The number of benzene rings is 1. The first kappa shape index (κ1) is 12.8. The molecule has 0 spiro atoms. The smallest absolute Gasteiger partial charge is 0.104 e. The zero-order valence-electron chi connectivity index (χ0n) is 10.8. The number of nitrogens with one attached hydrogen (secondary N) is 1. The van der Waals surface area contributed by atoms with Gasteiger partial charge < -0.3 is 4.98 Å². The molecule has 2 aromatic rings. The van der Waals surface area contributed by atoms with Crippen molar-refractivity contribution in [2.75, 3.05) is 0 Å². The third kappa shape index (κ3) is 3.09. The first-order valence-corrected chi connectivity index (χ1v) is 6.25. The minimum absolute atomic E-state index is 0.993. The SMILES string of the molecule is CC.CCCCc1ccc2nc(C)[nH]c2c1. The van der Waals surface area contributed by atoms with E-state index in [-0.39, 0.29) is 0 Å². The molecule has 2 nitrogen and oxygen atoms in total. The van der Waals surface area contributed by atoms with Crippen LogP contribution in [0.3, 0.4) is 0 Å². The Balaban J connectivity index is 0.000000606. The van der Waals surface area contributed by atoms with Crippen molar-refractivity contribution in [1.29, 1.82) is 0 Å². The molecule has 16 heavy (non-hydrogen) atoms. The second kappa shape index (κ2) is 6.31. The third-order valence-electron chi connectivity index (χ3n) is 2.48. The molecule has 0 radical (unpaired) electrons. The molecule has 0 amide bonds. The molecule has 0 fully saturated rings. The predicted octanol–water partition coefficient (Wildman–Crippen LogP) is 4.24. The van der Waals surface area contributed by atoms with Gasteiger partial charge in [0.1, 0.15) is 5.82 Å². The van der Waals surface area contributed by atoms with Gasteiger partial charge in [-0.25, -0.2) is 4.98 Å². The predicted molar refractivity (Wildman–Crippen MR) is 70.8 cm³/mol. The van der Waals surface area contributed by atoms with Crippen LogP contribution in [0.5, 0.6) is 0 Å². The summed E-state index contributed by atoms with van der Waals surface area (Å²) in [5.41, 5.74) is 3.64. The topological polar surface area (TPSA) is 28.7 Å². The van der Waals surface area contributed by atoms with Crippen LogP contribution in [0.15, 0.2) is 18.2 Å². The highest BCUT2D eigenvalue weighted by molar-refractivity contribution is 5.75. The van der Waals surface area contributed by atoms with Gasteiger partial charge in [0.25, 0.3) is 0 Å². The van der Waals surface area contributed by atoms with Gasteiger partial charge in [0.05, 0.1) is 11.0 Å². The Morgan fingerprint density at radius 3 is 2.69 bits per heavy atom. The van der Waals surface area contributed by atoms with Gasteiger partial charge in [-0.2, -0.15) is 0 Å². The van der Waals surface area contributed by atoms with Gasteiger partial charge in [-0.3, -0.25) is 0 Å². The van der Waals surface area contributed by atoms with Gasteiger partial charge in [0.15, 0.2) is 0 Å². The van der Waals surface area contributed by atoms with Crippen molar-refractivity contribution in [1.82, 2.24) is 9.97 Å². The Labute approximate surface area is 98.1 Å². The fraction of sp³-hybridized carbons (Fsp3) is 0.500. The molecule has 0 aliphatic carbocycles. The maximum absolute atomic E-state index is 4.38. The quantitative estimate of drug-likeness (QED) is 0.820. The molecule has 1 N–H and O–H groups in total. The Morgan fingerprint density at radius 2 is 2.00 bits per heavy atom. The van der Waals surface area contributed by atoms with Crippen molar-refractivity contribution in [3.05, 3.63) is 29.6 Å². The number of aromatic nitrogens is 2. The van der Waals surface area contributed by atoms with Gasteiger partial charge in [-0.15, -0.1) is 0 Å². The van der Waals surface area contributed by atoms with Crippen molar-refractivity contribution in [3.63, 3.8) is 0 Å². The highest BCUT2D eigenvalue weighted by Gasteiger charge is 1.99. The Kier molecular flexibility index (Phi) is 5.03. The van der Waals surface area contributed by atoms with Crippen LogP contribution in [0.2, 0.25) is 0 Å². The first-order valence-electron chi connectivity index (χ1n) is 6.25. The minimum Gasteiger partial charge on any atom is -0.342 e. The molecule has 1 aromatic carbocycles. The first-order chi connectivity index (χ1) is 7.79. The van der Waals surface area contributed by atoms with E-state index in [4.69, 9.17) is 0 Å². The Bertz CT molecular complexity index is 429. The molecular weight excluding hydrogens is 196 g/mol. The normalized spacial score (nSPS) is 10.0. The van der Waals surface area contributed by atoms with E-state index in [1.807, 2.05) is 20.8 Å². The summed E-state index contributed by atoms with van der Waals surface area (Å²) in [6.07, 6.45) is 3.68. The molecule has 0 aliphatic heterocycles. The summed E-state index contributed by atoms with van der Waals surface area (Å²) in [5, 5.41) is 0. The standard InChI is InChI=1S/C12H16N2.C2H6/c1-3-4-5-10-6-7-11-12(8-10)14-9(2)13-11;1-2/h6-8H,3-5H2,1-2H3,(H,13,14);1-2H3. The van der Waals surface area contributed by atoms with Crippen molar-refractivity contribution in [3.8, 4) is 0 Å². The number of hydrogen-bond acceptors (Lipinski definition) is 1. The van der Waals surface area contributed by atoms with Crippen molar-refractivity contribution >= 4 is 11.0 Å². The van der Waals surface area contributed by atoms with E-state index < -0.39 is 0 Å². The van der Waals surface area contributed by atoms with E-state index in [2.05, 4.69) is 35.1 Å². The van der Waals surface area contributed by atoms with Gasteiger partial charge in [0.2, 0.25) is 0 Å². The summed E-state index contributed by atoms with van der Waals surface area (Å²) < 4.78 is 0. The fourth-order valence-electron chi connectivity index (χ4n) is 1.72. The molecule has 0 bridgehead atoms. The molecule has 2 rings (SSSR count). The van der Waals surface area contributed by atoms with Crippen molar-refractivity contribution in [2.45, 2.75) is 47.0 Å². The number of H-pyrrole nitrogens is 1. The highest BCUT2D eigenvalue weighted by atomic mass is 14.9. The van der Waals surface area contributed by atoms with Crippen LogP contribution in [0, 0.1) is 6.92 Å². The second-order valence-electron chi connectivity index (χ2n) is 3.78. The number of imidazole rings is 1. The summed E-state index contributed by atoms with van der Waals surface area (Å²) in [6, 6.07) is 6.49. The van der Waals surface area contributed by atoms with E-state index >= 15 is 0 Å². The van der Waals surface area contributed by atoms with E-state index in [0.717, 1.165) is 16.9 Å². The molecule has 88 valence electrons. The van der Waals surface area contributed by atoms with E-state index in [9.17, 15) is 0 Å². The van der Waals surface area contributed by atoms with Crippen LogP contribution >= 0.6 is 0 Å². The van der Waals surface area contributed by atoms with Crippen LogP contribution < -0.4 is 0 Å². The summed E-state index contributed by atoms with van der Waals surface area (Å²) in [4.78, 5) is 7.64. The molecule has 0 aliphatic rings. The number of aromatic amines is 1. The second-order valence-corrected chi connectivity index (χ2v) is 3.78. The van der Waals surface area contributed by atoms with Gasteiger partial charge in [-0.05, 0) is 37.5 Å². The molecular formula is C14H22N2. The van der Waals surface area contributed by atoms with Gasteiger partial charge in [0, 0.05) is 0 Å². The number of aryl methyl sites for hydroxylation is 2. The number of rotatable bonds is 3. The Hall–Kier alpha value is -1.31. The maximum atomic E-state index is 4.38. The lowest BCUT2D eigenvalue weighted by atomic mass is 10.1. The maximum Gasteiger partial charge on any atom is 0.104 e. The molecule has 1 aromatic heterocycles. The molecule has 0 saturated heterocycles. The van der Waals surface area contributed by atoms with Crippen LogP contribution in [0.4, 0.5) is 0 Å².